The standard InChI is InChI=1S/C23H29N5O2/c29-22(25-12-5-15-27-13-2-1-3-14-27)18-7-9-20(10-8-18)26-23(30)28-16-19-6-4-11-24-21(19)17-28/h4,6-11H,1-3,5,12-17H2,(H,25,29)(H,26,30). The monoisotopic (exact) mass is 407 g/mol. The van der Waals surface area contributed by atoms with Crippen LogP contribution in [0.2, 0.25) is 0 Å². The zero-order valence-corrected chi connectivity index (χ0v) is 17.3. The molecule has 0 atom stereocenters. The van der Waals surface area contributed by atoms with Gasteiger partial charge in [-0.3, -0.25) is 9.78 Å². The molecule has 0 aliphatic carbocycles. The summed E-state index contributed by atoms with van der Waals surface area (Å²) in [6.45, 7) is 5.16. The van der Waals surface area contributed by atoms with Crippen LogP contribution < -0.4 is 10.6 Å². The highest BCUT2D eigenvalue weighted by atomic mass is 16.2. The minimum atomic E-state index is -0.164. The molecule has 4 rings (SSSR count). The first-order chi connectivity index (χ1) is 14.7. The number of nitrogens with zero attached hydrogens (tertiary/aromatic N) is 3. The van der Waals surface area contributed by atoms with Crippen molar-refractivity contribution in [3.8, 4) is 0 Å². The van der Waals surface area contributed by atoms with E-state index in [1.54, 1.807) is 35.4 Å². The molecule has 2 aliphatic heterocycles. The molecule has 0 bridgehead atoms. The number of nitrogens with one attached hydrogen (secondary N) is 2. The van der Waals surface area contributed by atoms with Gasteiger partial charge in [0.25, 0.3) is 5.91 Å². The number of piperidine rings is 1. The van der Waals surface area contributed by atoms with Gasteiger partial charge in [-0.05, 0) is 74.8 Å². The van der Waals surface area contributed by atoms with Gasteiger partial charge in [0.05, 0.1) is 12.2 Å². The zero-order chi connectivity index (χ0) is 20.8. The second-order valence-corrected chi connectivity index (χ2v) is 7.98. The summed E-state index contributed by atoms with van der Waals surface area (Å²) in [5.74, 6) is -0.0763. The molecule has 0 spiro atoms. The van der Waals surface area contributed by atoms with E-state index in [0.717, 1.165) is 24.2 Å². The summed E-state index contributed by atoms with van der Waals surface area (Å²) in [6, 6.07) is 10.7. The third-order valence-electron chi connectivity index (χ3n) is 5.76. The van der Waals surface area contributed by atoms with Crippen molar-refractivity contribution in [2.24, 2.45) is 0 Å². The van der Waals surface area contributed by atoms with Crippen LogP contribution in [0.5, 0.6) is 0 Å². The number of likely N-dealkylation sites (tertiary alicyclic amines) is 1. The van der Waals surface area contributed by atoms with Crippen molar-refractivity contribution in [3.05, 3.63) is 59.4 Å². The Morgan fingerprint density at radius 2 is 1.80 bits per heavy atom. The van der Waals surface area contributed by atoms with Gasteiger partial charge in [-0.1, -0.05) is 12.5 Å². The van der Waals surface area contributed by atoms with Crippen molar-refractivity contribution in [3.63, 3.8) is 0 Å². The lowest BCUT2D eigenvalue weighted by molar-refractivity contribution is 0.0951. The van der Waals surface area contributed by atoms with E-state index < -0.39 is 0 Å². The first kappa shape index (κ1) is 20.3. The molecular weight excluding hydrogens is 378 g/mol. The van der Waals surface area contributed by atoms with Crippen molar-refractivity contribution in [2.45, 2.75) is 38.8 Å². The van der Waals surface area contributed by atoms with Crippen molar-refractivity contribution < 1.29 is 9.59 Å². The molecule has 0 radical (unpaired) electrons. The van der Waals surface area contributed by atoms with E-state index >= 15 is 0 Å². The molecule has 1 aromatic heterocycles. The van der Waals surface area contributed by atoms with Gasteiger partial charge in [0.2, 0.25) is 0 Å². The summed E-state index contributed by atoms with van der Waals surface area (Å²) in [4.78, 5) is 33.4. The van der Waals surface area contributed by atoms with E-state index in [1.165, 1.54) is 32.4 Å². The molecule has 7 nitrogen and oxygen atoms in total. The zero-order valence-electron chi connectivity index (χ0n) is 17.3. The number of urea groups is 1. The fourth-order valence-electron chi connectivity index (χ4n) is 4.04. The minimum Gasteiger partial charge on any atom is -0.352 e. The number of anilines is 1. The number of aromatic nitrogens is 1. The third-order valence-corrected chi connectivity index (χ3v) is 5.76. The first-order valence-corrected chi connectivity index (χ1v) is 10.8. The van der Waals surface area contributed by atoms with Crippen LogP contribution in [0.4, 0.5) is 10.5 Å². The maximum atomic E-state index is 12.5. The van der Waals surface area contributed by atoms with Gasteiger partial charge in [0.1, 0.15) is 0 Å². The SMILES string of the molecule is O=C(NCCCN1CCCCC1)c1ccc(NC(=O)N2Cc3cccnc3C2)cc1. The highest BCUT2D eigenvalue weighted by Gasteiger charge is 2.24. The largest absolute Gasteiger partial charge is 0.352 e. The molecule has 1 fully saturated rings. The average molecular weight is 408 g/mol. The molecule has 1 aromatic carbocycles. The van der Waals surface area contributed by atoms with E-state index in [-0.39, 0.29) is 11.9 Å². The third kappa shape index (κ3) is 5.16. The molecule has 3 amide bonds. The predicted octanol–water partition coefficient (Wildman–Crippen LogP) is 3.24. The number of hydrogen-bond acceptors (Lipinski definition) is 4. The van der Waals surface area contributed by atoms with Crippen LogP contribution in [0.15, 0.2) is 42.6 Å². The van der Waals surface area contributed by atoms with Gasteiger partial charge in [-0.2, -0.15) is 0 Å². The molecule has 3 heterocycles. The molecular formula is C23H29N5O2. The second kappa shape index (κ2) is 9.71. The fraction of sp³-hybridized carbons (Fsp3) is 0.435. The van der Waals surface area contributed by atoms with E-state index in [1.807, 2.05) is 12.1 Å². The summed E-state index contributed by atoms with van der Waals surface area (Å²) >= 11 is 0. The van der Waals surface area contributed by atoms with Crippen molar-refractivity contribution >= 4 is 17.6 Å². The molecule has 2 aromatic rings. The smallest absolute Gasteiger partial charge is 0.322 e. The predicted molar refractivity (Wildman–Crippen MR) is 116 cm³/mol. The van der Waals surface area contributed by atoms with Crippen LogP contribution in [0.25, 0.3) is 0 Å². The summed E-state index contributed by atoms with van der Waals surface area (Å²) in [7, 11) is 0. The number of fused-ring (bicyclic) bond motifs is 1. The Bertz CT molecular complexity index is 852. The van der Waals surface area contributed by atoms with Crippen LogP contribution in [0.1, 0.15) is 47.3 Å². The summed E-state index contributed by atoms with van der Waals surface area (Å²) < 4.78 is 0. The van der Waals surface area contributed by atoms with Crippen molar-refractivity contribution in [2.75, 3.05) is 31.5 Å². The quantitative estimate of drug-likeness (QED) is 0.721. The Balaban J connectivity index is 1.21. The van der Waals surface area contributed by atoms with E-state index in [4.69, 9.17) is 0 Å². The lowest BCUT2D eigenvalue weighted by Gasteiger charge is -2.26. The van der Waals surface area contributed by atoms with Crippen LogP contribution in [-0.2, 0) is 13.1 Å². The molecule has 0 unspecified atom stereocenters. The fourth-order valence-corrected chi connectivity index (χ4v) is 4.04. The lowest BCUT2D eigenvalue weighted by Crippen LogP contribution is -2.33. The normalized spacial score (nSPS) is 16.2. The molecule has 2 N–H and O–H groups in total. The maximum Gasteiger partial charge on any atom is 0.322 e. The molecule has 2 aliphatic rings. The van der Waals surface area contributed by atoms with Gasteiger partial charge < -0.3 is 20.4 Å². The van der Waals surface area contributed by atoms with E-state index in [9.17, 15) is 9.59 Å². The molecule has 158 valence electrons. The number of rotatable bonds is 6. The maximum absolute atomic E-state index is 12.5. The molecule has 30 heavy (non-hydrogen) atoms. The first-order valence-electron chi connectivity index (χ1n) is 10.8. The van der Waals surface area contributed by atoms with E-state index in [2.05, 4.69) is 20.5 Å². The number of benzene rings is 1. The number of carbonyl (C=O) groups excluding carboxylic acids is 2. The van der Waals surface area contributed by atoms with Gasteiger partial charge in [0.15, 0.2) is 0 Å². The van der Waals surface area contributed by atoms with Crippen LogP contribution in [0.3, 0.4) is 0 Å². The van der Waals surface area contributed by atoms with Gasteiger partial charge in [-0.25, -0.2) is 4.79 Å². The van der Waals surface area contributed by atoms with Gasteiger partial charge in [0, 0.05) is 30.5 Å². The van der Waals surface area contributed by atoms with Crippen LogP contribution >= 0.6 is 0 Å². The van der Waals surface area contributed by atoms with Crippen LogP contribution in [0, 0.1) is 0 Å². The lowest BCUT2D eigenvalue weighted by atomic mass is 10.1. The Morgan fingerprint density at radius 1 is 1.00 bits per heavy atom. The highest BCUT2D eigenvalue weighted by molar-refractivity contribution is 5.95. The summed E-state index contributed by atoms with van der Waals surface area (Å²) in [5, 5.41) is 5.88. The number of amides is 3. The Kier molecular flexibility index (Phi) is 6.59. The Morgan fingerprint density at radius 3 is 2.57 bits per heavy atom. The number of hydrogen-bond donors (Lipinski definition) is 2. The van der Waals surface area contributed by atoms with Crippen LogP contribution in [-0.4, -0.2) is 52.9 Å². The summed E-state index contributed by atoms with van der Waals surface area (Å²) in [5.41, 5.74) is 3.30. The van der Waals surface area contributed by atoms with Gasteiger partial charge in [-0.15, -0.1) is 0 Å². The van der Waals surface area contributed by atoms with Crippen molar-refractivity contribution in [1.82, 2.24) is 20.1 Å². The van der Waals surface area contributed by atoms with Gasteiger partial charge >= 0.3 is 6.03 Å². The van der Waals surface area contributed by atoms with Crippen molar-refractivity contribution in [1.29, 1.82) is 0 Å². The number of carbonyl (C=O) groups is 2. The minimum absolute atomic E-state index is 0.0763. The Labute approximate surface area is 177 Å². The summed E-state index contributed by atoms with van der Waals surface area (Å²) in [6.07, 6.45) is 6.63. The molecule has 1 saturated heterocycles. The Hall–Kier alpha value is -2.93. The highest BCUT2D eigenvalue weighted by Crippen LogP contribution is 2.21. The molecule has 7 heteroatoms. The average Bonchev–Trinajstić information content (AvgIpc) is 3.22. The molecule has 0 saturated carbocycles. The van der Waals surface area contributed by atoms with E-state index in [0.29, 0.717) is 30.9 Å². The second-order valence-electron chi connectivity index (χ2n) is 7.98. The number of pyridine rings is 1. The topological polar surface area (TPSA) is 77.6 Å².